The quantitative estimate of drug-likeness (QED) is 0.581. The Morgan fingerprint density at radius 3 is 2.50 bits per heavy atom. The van der Waals surface area contributed by atoms with Crippen LogP contribution in [-0.4, -0.2) is 10.1 Å². The fraction of sp³-hybridized carbons (Fsp3) is 0.200. The molecular formula is C20H18ClN3S2. The fourth-order valence-electron chi connectivity index (χ4n) is 3.50. The van der Waals surface area contributed by atoms with Crippen molar-refractivity contribution in [3.8, 4) is 0 Å². The topological polar surface area (TPSA) is 28.2 Å². The highest BCUT2D eigenvalue weighted by molar-refractivity contribution is 7.80. The summed E-state index contributed by atoms with van der Waals surface area (Å²) in [6, 6.07) is 16.5. The van der Waals surface area contributed by atoms with Crippen LogP contribution in [0.5, 0.6) is 0 Å². The maximum absolute atomic E-state index is 6.24. The van der Waals surface area contributed by atoms with Gasteiger partial charge in [-0.05, 0) is 73.6 Å². The predicted octanol–water partition coefficient (Wildman–Crippen LogP) is 5.59. The Morgan fingerprint density at radius 1 is 1.12 bits per heavy atom. The van der Waals surface area contributed by atoms with Crippen LogP contribution in [0, 0.1) is 13.8 Å². The van der Waals surface area contributed by atoms with Crippen LogP contribution in [-0.2, 0) is 0 Å². The Hall–Kier alpha value is -1.95. The number of thiocarbonyl (C=S) groups is 1. The lowest BCUT2D eigenvalue weighted by Gasteiger charge is -2.27. The Balaban J connectivity index is 1.85. The second kappa shape index (κ2) is 6.99. The monoisotopic (exact) mass is 399 g/mol. The second-order valence-electron chi connectivity index (χ2n) is 6.48. The Kier molecular flexibility index (Phi) is 4.69. The molecule has 0 spiro atoms. The lowest BCUT2D eigenvalue weighted by atomic mass is 10.0. The van der Waals surface area contributed by atoms with Gasteiger partial charge in [-0.15, -0.1) is 11.3 Å². The summed E-state index contributed by atoms with van der Waals surface area (Å²) in [6.45, 7) is 4.21. The van der Waals surface area contributed by atoms with E-state index in [9.17, 15) is 0 Å². The van der Waals surface area contributed by atoms with Crippen molar-refractivity contribution in [3.63, 3.8) is 0 Å². The number of hydrogen-bond donors (Lipinski definition) is 1. The normalized spacial score (nSPS) is 19.7. The lowest BCUT2D eigenvalue weighted by Crippen LogP contribution is -2.29. The standard InChI is InChI=1S/C20H18ClN3S2/c1-12-9-13(2)11-14(10-12)24-19(16-6-7-17(21)26-16)18(23-20(24)25)15-5-3-4-8-22-15/h3-11,18-19H,1-2H3,(H,23,25)/t18-,19+/m1/s1. The average Bonchev–Trinajstić information content (AvgIpc) is 3.18. The molecular weight excluding hydrogens is 382 g/mol. The first kappa shape index (κ1) is 17.5. The molecule has 0 saturated carbocycles. The molecule has 132 valence electrons. The first-order valence-electron chi connectivity index (χ1n) is 8.37. The molecule has 1 N–H and O–H groups in total. The Morgan fingerprint density at radius 2 is 1.88 bits per heavy atom. The van der Waals surface area contributed by atoms with Crippen molar-refractivity contribution < 1.29 is 0 Å². The molecule has 0 radical (unpaired) electrons. The van der Waals surface area contributed by atoms with E-state index in [1.54, 1.807) is 11.3 Å². The molecule has 4 rings (SSSR count). The van der Waals surface area contributed by atoms with Crippen molar-refractivity contribution in [1.29, 1.82) is 0 Å². The lowest BCUT2D eigenvalue weighted by molar-refractivity contribution is 0.575. The number of pyridine rings is 1. The molecule has 3 nitrogen and oxygen atoms in total. The number of hydrogen-bond acceptors (Lipinski definition) is 3. The second-order valence-corrected chi connectivity index (χ2v) is 8.62. The maximum Gasteiger partial charge on any atom is 0.174 e. The van der Waals surface area contributed by atoms with Crippen LogP contribution >= 0.6 is 35.2 Å². The number of rotatable bonds is 3. The van der Waals surface area contributed by atoms with E-state index < -0.39 is 0 Å². The van der Waals surface area contributed by atoms with Crippen molar-refractivity contribution in [2.45, 2.75) is 25.9 Å². The summed E-state index contributed by atoms with van der Waals surface area (Å²) in [5.74, 6) is 0. The third-order valence-corrected chi connectivity index (χ3v) is 6.08. The largest absolute Gasteiger partial charge is 0.351 e. The predicted molar refractivity (Wildman–Crippen MR) is 113 cm³/mol. The number of aryl methyl sites for hydroxylation is 2. The van der Waals surface area contributed by atoms with Crippen LogP contribution in [0.1, 0.15) is 33.8 Å². The minimum absolute atomic E-state index is 0.0103. The highest BCUT2D eigenvalue weighted by atomic mass is 35.5. The summed E-state index contributed by atoms with van der Waals surface area (Å²) in [4.78, 5) is 7.92. The van der Waals surface area contributed by atoms with E-state index in [4.69, 9.17) is 23.8 Å². The third-order valence-electron chi connectivity index (χ3n) is 4.47. The first-order valence-corrected chi connectivity index (χ1v) is 9.97. The number of halogens is 1. The molecule has 26 heavy (non-hydrogen) atoms. The summed E-state index contributed by atoms with van der Waals surface area (Å²) in [6.07, 6.45) is 1.82. The van der Waals surface area contributed by atoms with Gasteiger partial charge in [0.1, 0.15) is 0 Å². The highest BCUT2D eigenvalue weighted by Crippen LogP contribution is 2.44. The zero-order valence-corrected chi connectivity index (χ0v) is 16.8. The maximum atomic E-state index is 6.24. The van der Waals surface area contributed by atoms with Crippen molar-refractivity contribution in [2.75, 3.05) is 4.90 Å². The summed E-state index contributed by atoms with van der Waals surface area (Å²) in [5.41, 5.74) is 4.49. The van der Waals surface area contributed by atoms with Crippen LogP contribution < -0.4 is 10.2 Å². The van der Waals surface area contributed by atoms with E-state index in [0.29, 0.717) is 5.11 Å². The molecule has 0 aliphatic carbocycles. The van der Waals surface area contributed by atoms with Crippen molar-refractivity contribution >= 4 is 46.0 Å². The van der Waals surface area contributed by atoms with E-state index in [0.717, 1.165) is 20.6 Å². The van der Waals surface area contributed by atoms with Gasteiger partial charge in [0, 0.05) is 16.8 Å². The number of anilines is 1. The number of benzene rings is 1. The van der Waals surface area contributed by atoms with Gasteiger partial charge < -0.3 is 10.2 Å². The molecule has 3 aromatic rings. The fourth-order valence-corrected chi connectivity index (χ4v) is 5.03. The van der Waals surface area contributed by atoms with Crippen LogP contribution in [0.4, 0.5) is 5.69 Å². The number of aromatic nitrogens is 1. The van der Waals surface area contributed by atoms with Crippen LogP contribution in [0.25, 0.3) is 0 Å². The minimum Gasteiger partial charge on any atom is -0.351 e. The van der Waals surface area contributed by atoms with Gasteiger partial charge in [0.2, 0.25) is 0 Å². The Bertz CT molecular complexity index is 934. The van der Waals surface area contributed by atoms with Gasteiger partial charge in [-0.2, -0.15) is 0 Å². The average molecular weight is 400 g/mol. The zero-order chi connectivity index (χ0) is 18.3. The number of thiophene rings is 1. The van der Waals surface area contributed by atoms with Crippen molar-refractivity contribution in [2.24, 2.45) is 0 Å². The van der Waals surface area contributed by atoms with Gasteiger partial charge in [-0.25, -0.2) is 0 Å². The van der Waals surface area contributed by atoms with Gasteiger partial charge in [-0.3, -0.25) is 4.98 Å². The van der Waals surface area contributed by atoms with E-state index in [2.05, 4.69) is 53.3 Å². The molecule has 6 heteroatoms. The summed E-state index contributed by atoms with van der Waals surface area (Å²) in [7, 11) is 0. The molecule has 2 atom stereocenters. The molecule has 1 aromatic carbocycles. The van der Waals surface area contributed by atoms with Gasteiger partial charge in [0.05, 0.1) is 22.1 Å². The number of nitrogens with zero attached hydrogens (tertiary/aromatic N) is 2. The van der Waals surface area contributed by atoms with Gasteiger partial charge in [0.25, 0.3) is 0 Å². The molecule has 1 aliphatic heterocycles. The molecule has 0 bridgehead atoms. The molecule has 1 aliphatic rings. The van der Waals surface area contributed by atoms with Crippen molar-refractivity contribution in [1.82, 2.24) is 10.3 Å². The highest BCUT2D eigenvalue weighted by Gasteiger charge is 2.41. The zero-order valence-electron chi connectivity index (χ0n) is 14.4. The first-order chi connectivity index (χ1) is 12.5. The minimum atomic E-state index is -0.0285. The van der Waals surface area contributed by atoms with E-state index in [-0.39, 0.29) is 12.1 Å². The van der Waals surface area contributed by atoms with E-state index in [1.165, 1.54) is 11.1 Å². The van der Waals surface area contributed by atoms with Crippen LogP contribution in [0.3, 0.4) is 0 Å². The molecule has 1 saturated heterocycles. The summed E-state index contributed by atoms with van der Waals surface area (Å²) >= 11 is 13.6. The van der Waals surface area contributed by atoms with Gasteiger partial charge in [-0.1, -0.05) is 23.7 Å². The molecule has 1 fully saturated rings. The molecule has 3 heterocycles. The smallest absolute Gasteiger partial charge is 0.174 e. The van der Waals surface area contributed by atoms with Crippen molar-refractivity contribution in [3.05, 3.63) is 80.8 Å². The SMILES string of the molecule is Cc1cc(C)cc(N2C(=S)N[C@H](c3ccccn3)[C@@H]2c2ccc(Cl)s2)c1. The van der Waals surface area contributed by atoms with Gasteiger partial charge >= 0.3 is 0 Å². The molecule has 2 aromatic heterocycles. The van der Waals surface area contributed by atoms with Crippen LogP contribution in [0.2, 0.25) is 4.34 Å². The van der Waals surface area contributed by atoms with Crippen LogP contribution in [0.15, 0.2) is 54.7 Å². The van der Waals surface area contributed by atoms with E-state index >= 15 is 0 Å². The summed E-state index contributed by atoms with van der Waals surface area (Å²) in [5, 5.41) is 4.18. The Labute approximate surface area is 167 Å². The molecule has 0 unspecified atom stereocenters. The number of nitrogens with one attached hydrogen (secondary N) is 1. The van der Waals surface area contributed by atoms with Gasteiger partial charge in [0.15, 0.2) is 5.11 Å². The third kappa shape index (κ3) is 3.22. The van der Waals surface area contributed by atoms with E-state index in [1.807, 2.05) is 30.5 Å². The summed E-state index contributed by atoms with van der Waals surface area (Å²) < 4.78 is 0.776. The molecule has 0 amide bonds.